The first-order valence-electron chi connectivity index (χ1n) is 12.5. The number of hydrogen-bond acceptors (Lipinski definition) is 6. The maximum absolute atomic E-state index is 9.07. The van der Waals surface area contributed by atoms with Crippen LogP contribution in [-0.4, -0.2) is 73.1 Å². The Bertz CT molecular complexity index is 1110. The molecule has 1 fully saturated rings. The second-order valence-electron chi connectivity index (χ2n) is 5.81. The molecule has 0 bridgehead atoms. The summed E-state index contributed by atoms with van der Waals surface area (Å²) in [6, 6.07) is 15.0. The molecule has 2 aliphatic rings. The van der Waals surface area contributed by atoms with Crippen molar-refractivity contribution in [3.05, 3.63) is 54.1 Å². The van der Waals surface area contributed by atoms with Gasteiger partial charge in [0.15, 0.2) is 0 Å². The average molecular weight is 392 g/mol. The summed E-state index contributed by atoms with van der Waals surface area (Å²) in [5.74, 6) is 0.418. The third-order valence-electron chi connectivity index (χ3n) is 4.08. The van der Waals surface area contributed by atoms with E-state index in [2.05, 4.69) is 0 Å². The number of aliphatic hydroxyl groups is 1. The highest BCUT2D eigenvalue weighted by molar-refractivity contribution is 7.99. The molecule has 142 valence electrons. The molecule has 0 aliphatic carbocycles. The molecule has 2 aromatic carbocycles. The third kappa shape index (κ3) is 4.35. The molecule has 0 aromatic heterocycles. The molecule has 0 spiro atoms. The fourth-order valence-electron chi connectivity index (χ4n) is 2.80. The summed E-state index contributed by atoms with van der Waals surface area (Å²) in [5.41, 5.74) is 1.42. The Morgan fingerprint density at radius 3 is 2.63 bits per heavy atom. The lowest BCUT2D eigenvalue weighted by molar-refractivity contribution is 0.0652. The van der Waals surface area contributed by atoms with Gasteiger partial charge in [-0.05, 0) is 18.2 Å². The summed E-state index contributed by atoms with van der Waals surface area (Å²) in [7, 11) is 0. The molecule has 0 atom stereocenters. The number of hydrogen-bond donors (Lipinski definition) is 1. The summed E-state index contributed by atoms with van der Waals surface area (Å²) in [6.45, 7) is -12.8. The number of benzene rings is 2. The van der Waals surface area contributed by atoms with Gasteiger partial charge in [-0.15, -0.1) is 0 Å². The largest absolute Gasteiger partial charge is 0.394 e. The van der Waals surface area contributed by atoms with E-state index in [1.807, 2.05) is 48.5 Å². The highest BCUT2D eigenvalue weighted by Gasteiger charge is 2.24. The van der Waals surface area contributed by atoms with Gasteiger partial charge in [-0.3, -0.25) is 4.90 Å². The summed E-state index contributed by atoms with van der Waals surface area (Å²) >= 11 is 1.53. The number of nitrogens with zero attached hydrogens (tertiary/aromatic N) is 3. The van der Waals surface area contributed by atoms with Crippen LogP contribution in [0.4, 0.5) is 5.69 Å². The molecule has 1 saturated heterocycles. The van der Waals surface area contributed by atoms with E-state index < -0.39 is 39.3 Å². The van der Waals surface area contributed by atoms with Crippen molar-refractivity contribution < 1.29 is 20.8 Å². The minimum absolute atomic E-state index is 0.310. The second-order valence-corrected chi connectivity index (χ2v) is 6.89. The molecule has 5 nitrogen and oxygen atoms in total. The predicted molar refractivity (Wildman–Crippen MR) is 109 cm³/mol. The van der Waals surface area contributed by atoms with Crippen molar-refractivity contribution in [2.24, 2.45) is 4.99 Å². The van der Waals surface area contributed by atoms with Crippen LogP contribution in [0.1, 0.15) is 16.5 Å². The van der Waals surface area contributed by atoms with Crippen LogP contribution in [-0.2, 0) is 4.74 Å². The number of fused-ring (bicyclic) bond motifs is 2. The Morgan fingerprint density at radius 2 is 1.81 bits per heavy atom. The molecule has 4 rings (SSSR count). The van der Waals surface area contributed by atoms with Crippen molar-refractivity contribution in [2.45, 2.75) is 9.79 Å². The number of aliphatic imine (C=N–C) groups is 1. The normalized spacial score (nSPS) is 26.3. The van der Waals surface area contributed by atoms with Gasteiger partial charge in [0.1, 0.15) is 5.84 Å². The van der Waals surface area contributed by atoms with Crippen LogP contribution in [0.5, 0.6) is 0 Å². The van der Waals surface area contributed by atoms with E-state index in [4.69, 9.17) is 25.8 Å². The predicted octanol–water partition coefficient (Wildman–Crippen LogP) is 2.86. The molecule has 0 unspecified atom stereocenters. The fraction of sp³-hybridized carbons (Fsp3) is 0.381. The minimum atomic E-state index is -2.77. The zero-order valence-corrected chi connectivity index (χ0v) is 15.4. The Morgan fingerprint density at radius 1 is 1.07 bits per heavy atom. The molecule has 0 saturated carbocycles. The van der Waals surface area contributed by atoms with E-state index in [1.165, 1.54) is 16.7 Å². The van der Waals surface area contributed by atoms with Gasteiger partial charge in [0.05, 0.1) is 30.9 Å². The van der Waals surface area contributed by atoms with Crippen LogP contribution >= 0.6 is 11.8 Å². The lowest BCUT2D eigenvalue weighted by Gasteiger charge is -2.36. The van der Waals surface area contributed by atoms with E-state index in [-0.39, 0.29) is 13.1 Å². The van der Waals surface area contributed by atoms with Gasteiger partial charge >= 0.3 is 0 Å². The van der Waals surface area contributed by atoms with Gasteiger partial charge in [-0.25, -0.2) is 4.99 Å². The van der Waals surface area contributed by atoms with Crippen LogP contribution in [0.15, 0.2) is 63.3 Å². The number of aliphatic hydroxyl groups excluding tert-OH is 1. The standard InChI is InChI=1S/C21H25N3O2S/c25-14-16-26-15-13-23-9-11-24(12-10-23)21-17-5-1-3-7-19(17)27-20-8-4-2-6-18(20)22-21/h1-8,25H,9-16H2/i9D2,10D2,15D2,16D2. The highest BCUT2D eigenvalue weighted by Crippen LogP contribution is 2.40. The zero-order valence-electron chi connectivity index (χ0n) is 22.6. The molecule has 6 heteroatoms. The van der Waals surface area contributed by atoms with Gasteiger partial charge in [0.2, 0.25) is 0 Å². The first-order chi connectivity index (χ1) is 16.2. The van der Waals surface area contributed by atoms with Crippen molar-refractivity contribution in [1.82, 2.24) is 9.80 Å². The third-order valence-corrected chi connectivity index (χ3v) is 5.22. The molecule has 2 heterocycles. The molecular formula is C21H25N3O2S. The van der Waals surface area contributed by atoms with Crippen LogP contribution in [0.2, 0.25) is 0 Å². The van der Waals surface area contributed by atoms with Crippen LogP contribution < -0.4 is 0 Å². The Balaban J connectivity index is 1.68. The summed E-state index contributed by atoms with van der Waals surface area (Å²) in [6.07, 6.45) is 0. The van der Waals surface area contributed by atoms with Gasteiger partial charge in [-0.2, -0.15) is 0 Å². The minimum Gasteiger partial charge on any atom is -0.394 e. The van der Waals surface area contributed by atoms with Gasteiger partial charge < -0.3 is 14.7 Å². The number of amidine groups is 1. The zero-order chi connectivity index (χ0) is 25.6. The van der Waals surface area contributed by atoms with Crippen LogP contribution in [0, 0.1) is 0 Å². The number of piperazine rings is 1. The first-order valence-corrected chi connectivity index (χ1v) is 9.33. The molecular weight excluding hydrogens is 358 g/mol. The SMILES string of the molecule is [2H]C([2H])(CO)OC([2H])([2H])CN1C([2H])([2H])CN(C2=Nc3ccccc3Sc3ccccc32)CC1([2H])[2H]. The summed E-state index contributed by atoms with van der Waals surface area (Å²) in [4.78, 5) is 8.84. The maximum Gasteiger partial charge on any atom is 0.137 e. The molecule has 0 radical (unpaired) electrons. The van der Waals surface area contributed by atoms with Crippen molar-refractivity contribution in [1.29, 1.82) is 0 Å². The maximum atomic E-state index is 9.07. The molecule has 27 heavy (non-hydrogen) atoms. The smallest absolute Gasteiger partial charge is 0.137 e. The van der Waals surface area contributed by atoms with E-state index in [0.29, 0.717) is 16.4 Å². The van der Waals surface area contributed by atoms with Crippen molar-refractivity contribution >= 4 is 23.3 Å². The van der Waals surface area contributed by atoms with Crippen molar-refractivity contribution in [2.75, 3.05) is 52.4 Å². The lowest BCUT2D eigenvalue weighted by Crippen LogP contribution is -2.49. The molecule has 2 aromatic rings. The number of rotatable bonds is 5. The van der Waals surface area contributed by atoms with Crippen LogP contribution in [0.25, 0.3) is 0 Å². The topological polar surface area (TPSA) is 48.3 Å². The number of ether oxygens (including phenoxy) is 1. The quantitative estimate of drug-likeness (QED) is 0.849. The molecule has 2 aliphatic heterocycles. The van der Waals surface area contributed by atoms with Crippen molar-refractivity contribution in [3.63, 3.8) is 0 Å². The van der Waals surface area contributed by atoms with Crippen molar-refractivity contribution in [3.8, 4) is 0 Å². The number of para-hydroxylation sites is 1. The van der Waals surface area contributed by atoms with E-state index in [0.717, 1.165) is 15.4 Å². The first kappa shape index (κ1) is 11.2. The lowest BCUT2D eigenvalue weighted by atomic mass is 10.1. The molecule has 0 amide bonds. The average Bonchev–Trinajstić information content (AvgIpc) is 2.92. The van der Waals surface area contributed by atoms with Gasteiger partial charge in [0.25, 0.3) is 0 Å². The van der Waals surface area contributed by atoms with E-state index >= 15 is 0 Å². The Labute approximate surface area is 175 Å². The second kappa shape index (κ2) is 8.89. The Hall–Kier alpha value is -1.86. The van der Waals surface area contributed by atoms with Crippen LogP contribution in [0.3, 0.4) is 0 Å². The Kier molecular flexibility index (Phi) is 3.69. The summed E-state index contributed by atoms with van der Waals surface area (Å²) in [5, 5.41) is 9.07. The van der Waals surface area contributed by atoms with E-state index in [1.54, 1.807) is 0 Å². The molecule has 1 N–H and O–H groups in total. The highest BCUT2D eigenvalue weighted by atomic mass is 32.2. The summed E-state index contributed by atoms with van der Waals surface area (Å²) < 4.78 is 70.1. The monoisotopic (exact) mass is 391 g/mol. The van der Waals surface area contributed by atoms with Gasteiger partial charge in [-0.1, -0.05) is 42.1 Å². The van der Waals surface area contributed by atoms with Gasteiger partial charge in [0, 0.05) is 53.5 Å². The van der Waals surface area contributed by atoms with E-state index in [9.17, 15) is 0 Å². The fourth-order valence-corrected chi connectivity index (χ4v) is 3.82.